The van der Waals surface area contributed by atoms with Gasteiger partial charge in [-0.15, -0.1) is 0 Å². The molecule has 150 valence electrons. The zero-order valence-electron chi connectivity index (χ0n) is 16.9. The van der Waals surface area contributed by atoms with E-state index in [-0.39, 0.29) is 12.3 Å². The Hall–Kier alpha value is -3.08. The predicted molar refractivity (Wildman–Crippen MR) is 112 cm³/mol. The van der Waals surface area contributed by atoms with Crippen molar-refractivity contribution in [2.24, 2.45) is 0 Å². The van der Waals surface area contributed by atoms with Crippen molar-refractivity contribution in [2.75, 3.05) is 0 Å². The first-order chi connectivity index (χ1) is 14.0. The van der Waals surface area contributed by atoms with Gasteiger partial charge in [0.2, 0.25) is 0 Å². The van der Waals surface area contributed by atoms with E-state index in [1.54, 1.807) is 0 Å². The lowest BCUT2D eigenvalue weighted by Crippen LogP contribution is -2.06. The number of hydrogen-bond acceptors (Lipinski definition) is 3. The third kappa shape index (κ3) is 4.19. The summed E-state index contributed by atoms with van der Waals surface area (Å²) in [6, 6.07) is 16.5. The maximum absolute atomic E-state index is 11.0. The molecular formula is C24H26N2O3. The highest BCUT2D eigenvalue weighted by atomic mass is 16.5. The average molecular weight is 390 g/mol. The number of carboxylic acid groups (broad SMARTS) is 1. The van der Waals surface area contributed by atoms with E-state index in [1.165, 1.54) is 11.1 Å². The first-order valence-corrected chi connectivity index (χ1v) is 10.2. The van der Waals surface area contributed by atoms with Crippen LogP contribution in [0.3, 0.4) is 0 Å². The Labute approximate surface area is 171 Å². The number of aryl methyl sites for hydroxylation is 3. The number of aromatic nitrogens is 2. The van der Waals surface area contributed by atoms with Gasteiger partial charge in [0.15, 0.2) is 0 Å². The highest BCUT2D eigenvalue weighted by Gasteiger charge is 2.25. The second-order valence-electron chi connectivity index (χ2n) is 7.69. The van der Waals surface area contributed by atoms with Crippen LogP contribution < -0.4 is 4.74 Å². The van der Waals surface area contributed by atoms with Crippen molar-refractivity contribution < 1.29 is 14.6 Å². The van der Waals surface area contributed by atoms with Crippen LogP contribution in [0.5, 0.6) is 5.75 Å². The Morgan fingerprint density at radius 2 is 2.00 bits per heavy atom. The highest BCUT2D eigenvalue weighted by Crippen LogP contribution is 2.37. The molecule has 4 rings (SSSR count). The van der Waals surface area contributed by atoms with Crippen LogP contribution in [0.25, 0.3) is 5.69 Å². The summed E-state index contributed by atoms with van der Waals surface area (Å²) in [6.07, 6.45) is 3.01. The van der Waals surface area contributed by atoms with Crippen molar-refractivity contribution in [1.82, 2.24) is 9.78 Å². The van der Waals surface area contributed by atoms with Gasteiger partial charge in [0.25, 0.3) is 0 Å². The smallest absolute Gasteiger partial charge is 0.303 e. The summed E-state index contributed by atoms with van der Waals surface area (Å²) < 4.78 is 8.01. The molecule has 3 aromatic rings. The number of aliphatic carboxylic acids is 1. The van der Waals surface area contributed by atoms with Crippen molar-refractivity contribution >= 4 is 5.97 Å². The van der Waals surface area contributed by atoms with Crippen molar-refractivity contribution in [3.8, 4) is 11.4 Å². The molecule has 0 saturated carbocycles. The topological polar surface area (TPSA) is 64.4 Å². The number of benzene rings is 2. The molecule has 2 aromatic carbocycles. The maximum Gasteiger partial charge on any atom is 0.303 e. The number of ether oxygens (including phenoxy) is 1. The minimum absolute atomic E-state index is 0.117. The second-order valence-corrected chi connectivity index (χ2v) is 7.69. The minimum Gasteiger partial charge on any atom is -0.487 e. The van der Waals surface area contributed by atoms with E-state index in [0.29, 0.717) is 6.61 Å². The molecule has 5 heteroatoms. The van der Waals surface area contributed by atoms with Crippen LogP contribution in [-0.2, 0) is 24.2 Å². The molecule has 1 aliphatic carbocycles. The van der Waals surface area contributed by atoms with E-state index < -0.39 is 5.97 Å². The molecule has 1 unspecified atom stereocenters. The molecule has 0 fully saturated rings. The van der Waals surface area contributed by atoms with Gasteiger partial charge >= 0.3 is 5.97 Å². The Balaban J connectivity index is 1.49. The number of carbonyl (C=O) groups is 1. The predicted octanol–water partition coefficient (Wildman–Crippen LogP) is 4.83. The number of nitrogens with zero attached hydrogens (tertiary/aromatic N) is 2. The Morgan fingerprint density at radius 3 is 2.72 bits per heavy atom. The normalized spacial score (nSPS) is 15.3. The Morgan fingerprint density at radius 1 is 1.21 bits per heavy atom. The van der Waals surface area contributed by atoms with Crippen molar-refractivity contribution in [1.29, 1.82) is 0 Å². The standard InChI is InChI=1S/C24H26N2O3/c1-3-17-4-8-20(9-5-17)26-21(12-16(2)25-26)15-29-22-10-11-23-18(13-22)6-7-19(23)14-24(27)28/h4-5,8-13,19H,3,6-7,14-15H2,1-2H3,(H,27,28). The molecule has 1 N–H and O–H groups in total. The largest absolute Gasteiger partial charge is 0.487 e. The highest BCUT2D eigenvalue weighted by molar-refractivity contribution is 5.68. The van der Waals surface area contributed by atoms with Gasteiger partial charge in [0.1, 0.15) is 12.4 Å². The number of carboxylic acids is 1. The second kappa shape index (κ2) is 8.11. The van der Waals surface area contributed by atoms with Crippen LogP contribution >= 0.6 is 0 Å². The fourth-order valence-corrected chi connectivity index (χ4v) is 4.10. The summed E-state index contributed by atoms with van der Waals surface area (Å²) in [6.45, 7) is 4.55. The van der Waals surface area contributed by atoms with Crippen LogP contribution in [-0.4, -0.2) is 20.9 Å². The van der Waals surface area contributed by atoms with Gasteiger partial charge in [0.05, 0.1) is 23.5 Å². The molecule has 0 saturated heterocycles. The molecule has 1 aliphatic rings. The lowest BCUT2D eigenvalue weighted by atomic mass is 9.98. The van der Waals surface area contributed by atoms with Crippen molar-refractivity contribution in [3.05, 3.63) is 76.6 Å². The first kappa shape index (κ1) is 19.2. The van der Waals surface area contributed by atoms with Gasteiger partial charge in [0, 0.05) is 0 Å². The molecule has 0 radical (unpaired) electrons. The van der Waals surface area contributed by atoms with Gasteiger partial charge in [-0.05, 0) is 79.1 Å². The molecule has 0 aliphatic heterocycles. The Kier molecular flexibility index (Phi) is 5.38. The summed E-state index contributed by atoms with van der Waals surface area (Å²) in [4.78, 5) is 11.0. The summed E-state index contributed by atoms with van der Waals surface area (Å²) in [5, 5.41) is 13.7. The summed E-state index contributed by atoms with van der Waals surface area (Å²) >= 11 is 0. The fraction of sp³-hybridized carbons (Fsp3) is 0.333. The van der Waals surface area contributed by atoms with E-state index in [4.69, 9.17) is 9.84 Å². The van der Waals surface area contributed by atoms with E-state index in [9.17, 15) is 4.79 Å². The molecule has 0 amide bonds. The van der Waals surface area contributed by atoms with Gasteiger partial charge in [-0.3, -0.25) is 4.79 Å². The van der Waals surface area contributed by atoms with Crippen molar-refractivity contribution in [2.45, 2.75) is 52.1 Å². The van der Waals surface area contributed by atoms with Crippen LogP contribution in [0.15, 0.2) is 48.5 Å². The zero-order valence-corrected chi connectivity index (χ0v) is 16.9. The van der Waals surface area contributed by atoms with E-state index >= 15 is 0 Å². The van der Waals surface area contributed by atoms with Crippen LogP contribution in [0.4, 0.5) is 0 Å². The van der Waals surface area contributed by atoms with Gasteiger partial charge in [-0.2, -0.15) is 5.10 Å². The van der Waals surface area contributed by atoms with Crippen LogP contribution in [0, 0.1) is 6.92 Å². The third-order valence-electron chi connectivity index (χ3n) is 5.62. The minimum atomic E-state index is -0.737. The first-order valence-electron chi connectivity index (χ1n) is 10.2. The molecule has 29 heavy (non-hydrogen) atoms. The molecule has 0 bridgehead atoms. The summed E-state index contributed by atoms with van der Waals surface area (Å²) in [7, 11) is 0. The molecule has 0 spiro atoms. The quantitative estimate of drug-likeness (QED) is 0.628. The van der Waals surface area contributed by atoms with Gasteiger partial charge < -0.3 is 9.84 Å². The maximum atomic E-state index is 11.0. The van der Waals surface area contributed by atoms with Crippen LogP contribution in [0.2, 0.25) is 0 Å². The van der Waals surface area contributed by atoms with Gasteiger partial charge in [-0.1, -0.05) is 25.1 Å². The number of rotatable bonds is 7. The monoisotopic (exact) mass is 390 g/mol. The van der Waals surface area contributed by atoms with Gasteiger partial charge in [-0.25, -0.2) is 4.68 Å². The number of fused-ring (bicyclic) bond motifs is 1. The third-order valence-corrected chi connectivity index (χ3v) is 5.62. The fourth-order valence-electron chi connectivity index (χ4n) is 4.10. The molecule has 1 atom stereocenters. The summed E-state index contributed by atoms with van der Waals surface area (Å²) in [5.41, 5.74) is 6.63. The summed E-state index contributed by atoms with van der Waals surface area (Å²) in [5.74, 6) is 0.192. The molecule has 1 aromatic heterocycles. The van der Waals surface area contributed by atoms with Crippen LogP contribution in [0.1, 0.15) is 53.8 Å². The van der Waals surface area contributed by atoms with E-state index in [0.717, 1.165) is 47.7 Å². The lowest BCUT2D eigenvalue weighted by Gasteiger charge is -2.12. The Bertz CT molecular complexity index is 1020. The number of hydrogen-bond donors (Lipinski definition) is 1. The van der Waals surface area contributed by atoms with E-state index in [2.05, 4.69) is 42.4 Å². The van der Waals surface area contributed by atoms with E-state index in [1.807, 2.05) is 29.8 Å². The lowest BCUT2D eigenvalue weighted by molar-refractivity contribution is -0.137. The molecule has 1 heterocycles. The van der Waals surface area contributed by atoms with Crippen molar-refractivity contribution in [3.63, 3.8) is 0 Å². The average Bonchev–Trinajstić information content (AvgIpc) is 3.29. The zero-order chi connectivity index (χ0) is 20.4. The molecular weight excluding hydrogens is 364 g/mol. The molecule has 5 nitrogen and oxygen atoms in total. The SMILES string of the molecule is CCc1ccc(-n2nc(C)cc2COc2ccc3c(c2)CCC3CC(=O)O)cc1.